The smallest absolute Gasteiger partial charge is 0.161 e. The van der Waals surface area contributed by atoms with Crippen LogP contribution in [0.2, 0.25) is 0 Å². The molecule has 0 unspecified atom stereocenters. The zero-order chi connectivity index (χ0) is 11.9. The lowest BCUT2D eigenvalue weighted by Crippen LogP contribution is -2.24. The summed E-state index contributed by atoms with van der Waals surface area (Å²) in [5.41, 5.74) is 0. The van der Waals surface area contributed by atoms with Crippen LogP contribution in [0.3, 0.4) is 0 Å². The van der Waals surface area contributed by atoms with Gasteiger partial charge in [-0.15, -0.1) is 0 Å². The predicted molar refractivity (Wildman–Crippen MR) is 67.5 cm³/mol. The maximum Gasteiger partial charge on any atom is 0.161 e. The van der Waals surface area contributed by atoms with Crippen molar-refractivity contribution in [2.24, 2.45) is 0 Å². The van der Waals surface area contributed by atoms with E-state index >= 15 is 0 Å². The molecule has 0 aromatic heterocycles. The number of benzene rings is 1. The lowest BCUT2D eigenvalue weighted by Gasteiger charge is -2.14. The Bertz CT molecular complexity index is 338. The van der Waals surface area contributed by atoms with Gasteiger partial charge in [0.2, 0.25) is 0 Å². The van der Waals surface area contributed by atoms with Crippen LogP contribution in [0.15, 0.2) is 24.3 Å². The van der Waals surface area contributed by atoms with E-state index in [-0.39, 0.29) is 0 Å². The molecule has 1 aliphatic heterocycles. The van der Waals surface area contributed by atoms with Gasteiger partial charge in [-0.3, -0.25) is 4.90 Å². The first-order valence-electron chi connectivity index (χ1n) is 6.09. The number of rotatable bonds is 6. The van der Waals surface area contributed by atoms with Gasteiger partial charge < -0.3 is 14.8 Å². The molecule has 0 radical (unpaired) electrons. The summed E-state index contributed by atoms with van der Waals surface area (Å²) in [6.07, 6.45) is 1.04. The van der Waals surface area contributed by atoms with E-state index in [1.807, 2.05) is 24.3 Å². The van der Waals surface area contributed by atoms with Gasteiger partial charge in [-0.2, -0.15) is 0 Å². The van der Waals surface area contributed by atoms with Crippen molar-refractivity contribution in [2.45, 2.75) is 6.42 Å². The molecule has 0 spiro atoms. The molecular weight excluding hydrogens is 216 g/mol. The Hall–Kier alpha value is -1.26. The number of nitrogens with zero attached hydrogens (tertiary/aromatic N) is 1. The van der Waals surface area contributed by atoms with Gasteiger partial charge in [0.15, 0.2) is 11.5 Å². The fourth-order valence-electron chi connectivity index (χ4n) is 1.95. The van der Waals surface area contributed by atoms with Gasteiger partial charge in [0, 0.05) is 26.3 Å². The van der Waals surface area contributed by atoms with E-state index < -0.39 is 0 Å². The monoisotopic (exact) mass is 236 g/mol. The summed E-state index contributed by atoms with van der Waals surface area (Å²) in [6, 6.07) is 7.76. The van der Waals surface area contributed by atoms with Crippen molar-refractivity contribution in [3.63, 3.8) is 0 Å². The van der Waals surface area contributed by atoms with Crippen molar-refractivity contribution in [2.75, 3.05) is 40.0 Å². The molecule has 94 valence electrons. The van der Waals surface area contributed by atoms with Crippen LogP contribution in [-0.4, -0.2) is 44.9 Å². The van der Waals surface area contributed by atoms with E-state index in [4.69, 9.17) is 9.47 Å². The van der Waals surface area contributed by atoms with E-state index in [1.165, 1.54) is 0 Å². The molecule has 1 aromatic rings. The minimum atomic E-state index is 0.733. The first kappa shape index (κ1) is 12.2. The SMILES string of the molecule is COc1ccccc1OCCCN1CCNC1. The van der Waals surface area contributed by atoms with Crippen LogP contribution < -0.4 is 14.8 Å². The van der Waals surface area contributed by atoms with Crippen LogP contribution >= 0.6 is 0 Å². The molecule has 0 atom stereocenters. The largest absolute Gasteiger partial charge is 0.493 e. The van der Waals surface area contributed by atoms with Crippen molar-refractivity contribution in [3.05, 3.63) is 24.3 Å². The zero-order valence-electron chi connectivity index (χ0n) is 10.3. The minimum absolute atomic E-state index is 0.733. The summed E-state index contributed by atoms with van der Waals surface area (Å²) in [4.78, 5) is 2.39. The first-order valence-corrected chi connectivity index (χ1v) is 6.09. The summed E-state index contributed by atoms with van der Waals surface area (Å²) >= 11 is 0. The van der Waals surface area contributed by atoms with Gasteiger partial charge in [-0.1, -0.05) is 12.1 Å². The number of para-hydroxylation sites is 2. The Balaban J connectivity index is 1.70. The summed E-state index contributed by atoms with van der Waals surface area (Å²) < 4.78 is 10.9. The van der Waals surface area contributed by atoms with Crippen molar-refractivity contribution >= 4 is 0 Å². The van der Waals surface area contributed by atoms with E-state index in [2.05, 4.69) is 10.2 Å². The van der Waals surface area contributed by atoms with Crippen molar-refractivity contribution < 1.29 is 9.47 Å². The van der Waals surface area contributed by atoms with Gasteiger partial charge in [0.1, 0.15) is 0 Å². The third-order valence-electron chi connectivity index (χ3n) is 2.89. The quantitative estimate of drug-likeness (QED) is 0.755. The van der Waals surface area contributed by atoms with Crippen LogP contribution in [0.1, 0.15) is 6.42 Å². The van der Waals surface area contributed by atoms with E-state index in [0.29, 0.717) is 0 Å². The highest BCUT2D eigenvalue weighted by molar-refractivity contribution is 5.39. The molecular formula is C13H20N2O2. The maximum atomic E-state index is 5.72. The molecule has 1 N–H and O–H groups in total. The average molecular weight is 236 g/mol. The molecule has 1 aliphatic rings. The number of hydrogen-bond donors (Lipinski definition) is 1. The Morgan fingerprint density at radius 2 is 2.12 bits per heavy atom. The van der Waals surface area contributed by atoms with Crippen LogP contribution in [0.5, 0.6) is 11.5 Å². The van der Waals surface area contributed by atoms with Gasteiger partial charge in [-0.25, -0.2) is 0 Å². The van der Waals surface area contributed by atoms with E-state index in [1.54, 1.807) is 7.11 Å². The lowest BCUT2D eigenvalue weighted by atomic mass is 10.3. The summed E-state index contributed by atoms with van der Waals surface area (Å²) in [6.45, 7) is 5.08. The van der Waals surface area contributed by atoms with Gasteiger partial charge in [0.25, 0.3) is 0 Å². The highest BCUT2D eigenvalue weighted by Gasteiger charge is 2.09. The second kappa shape index (κ2) is 6.47. The van der Waals surface area contributed by atoms with Crippen LogP contribution in [-0.2, 0) is 0 Å². The number of methoxy groups -OCH3 is 1. The zero-order valence-corrected chi connectivity index (χ0v) is 10.3. The normalized spacial score (nSPS) is 16.1. The van der Waals surface area contributed by atoms with Gasteiger partial charge in [0.05, 0.1) is 13.7 Å². The molecule has 1 fully saturated rings. The maximum absolute atomic E-state index is 5.72. The number of ether oxygens (including phenoxy) is 2. The molecule has 4 nitrogen and oxygen atoms in total. The molecule has 1 saturated heterocycles. The van der Waals surface area contributed by atoms with Gasteiger partial charge in [-0.05, 0) is 18.6 Å². The minimum Gasteiger partial charge on any atom is -0.493 e. The third kappa shape index (κ3) is 3.61. The molecule has 0 aliphatic carbocycles. The second-order valence-corrected chi connectivity index (χ2v) is 4.13. The van der Waals surface area contributed by atoms with E-state index in [9.17, 15) is 0 Å². The first-order chi connectivity index (χ1) is 8.40. The highest BCUT2D eigenvalue weighted by Crippen LogP contribution is 2.25. The molecule has 4 heteroatoms. The van der Waals surface area contributed by atoms with Crippen LogP contribution in [0.25, 0.3) is 0 Å². The lowest BCUT2D eigenvalue weighted by molar-refractivity contribution is 0.253. The topological polar surface area (TPSA) is 33.7 Å². The molecule has 0 saturated carbocycles. The fraction of sp³-hybridized carbons (Fsp3) is 0.538. The molecule has 1 heterocycles. The predicted octanol–water partition coefficient (Wildman–Crippen LogP) is 1.33. The molecule has 2 rings (SSSR count). The Morgan fingerprint density at radius 3 is 2.82 bits per heavy atom. The van der Waals surface area contributed by atoms with Crippen LogP contribution in [0, 0.1) is 0 Å². The molecule has 17 heavy (non-hydrogen) atoms. The Morgan fingerprint density at radius 1 is 1.29 bits per heavy atom. The summed E-state index contributed by atoms with van der Waals surface area (Å²) in [5.74, 6) is 1.63. The standard InChI is InChI=1S/C13H20N2O2/c1-16-12-5-2-3-6-13(12)17-10-4-8-15-9-7-14-11-15/h2-3,5-6,14H,4,7-11H2,1H3. The molecule has 1 aromatic carbocycles. The summed E-state index contributed by atoms with van der Waals surface area (Å²) in [7, 11) is 1.66. The van der Waals surface area contributed by atoms with Crippen molar-refractivity contribution in [3.8, 4) is 11.5 Å². The number of nitrogens with one attached hydrogen (secondary N) is 1. The highest BCUT2D eigenvalue weighted by atomic mass is 16.5. The van der Waals surface area contributed by atoms with Crippen molar-refractivity contribution in [1.29, 1.82) is 0 Å². The Kier molecular flexibility index (Phi) is 4.64. The number of hydrogen-bond acceptors (Lipinski definition) is 4. The van der Waals surface area contributed by atoms with E-state index in [0.717, 1.165) is 50.8 Å². The molecule has 0 amide bonds. The van der Waals surface area contributed by atoms with Crippen LogP contribution in [0.4, 0.5) is 0 Å². The Labute approximate surface area is 103 Å². The van der Waals surface area contributed by atoms with Gasteiger partial charge >= 0.3 is 0 Å². The second-order valence-electron chi connectivity index (χ2n) is 4.13. The third-order valence-corrected chi connectivity index (χ3v) is 2.89. The summed E-state index contributed by atoms with van der Waals surface area (Å²) in [5, 5.41) is 3.31. The average Bonchev–Trinajstić information content (AvgIpc) is 2.88. The van der Waals surface area contributed by atoms with Crippen molar-refractivity contribution in [1.82, 2.24) is 10.2 Å². The fourth-order valence-corrected chi connectivity index (χ4v) is 1.95. The molecule has 0 bridgehead atoms.